The van der Waals surface area contributed by atoms with Crippen molar-refractivity contribution in [1.82, 2.24) is 20.3 Å². The molecular formula is C12H17N5O. The lowest BCUT2D eigenvalue weighted by atomic mass is 10.2. The van der Waals surface area contributed by atoms with Crippen molar-refractivity contribution in [2.75, 3.05) is 0 Å². The number of primary amides is 1. The van der Waals surface area contributed by atoms with Crippen LogP contribution in [-0.2, 0) is 11.3 Å². The first-order valence-corrected chi connectivity index (χ1v) is 6.63. The van der Waals surface area contributed by atoms with E-state index in [0.717, 1.165) is 25.1 Å². The number of aromatic nitrogens is 3. The minimum atomic E-state index is -0.237. The van der Waals surface area contributed by atoms with E-state index in [1.165, 1.54) is 12.8 Å². The highest BCUT2D eigenvalue weighted by molar-refractivity contribution is 5.80. The van der Waals surface area contributed by atoms with Crippen LogP contribution >= 0.6 is 0 Å². The fourth-order valence-corrected chi connectivity index (χ4v) is 3.23. The van der Waals surface area contributed by atoms with Crippen molar-refractivity contribution < 1.29 is 4.79 Å². The highest BCUT2D eigenvalue weighted by Gasteiger charge is 2.61. The topological polar surface area (TPSA) is 85.8 Å². The number of hydrogen-bond acceptors (Lipinski definition) is 4. The summed E-state index contributed by atoms with van der Waals surface area (Å²) in [5.74, 6) is 0.976. The first-order chi connectivity index (χ1) is 8.66. The van der Waals surface area contributed by atoms with Gasteiger partial charge in [-0.25, -0.2) is 0 Å². The number of amides is 1. The van der Waals surface area contributed by atoms with E-state index in [9.17, 15) is 4.79 Å². The summed E-state index contributed by atoms with van der Waals surface area (Å²) >= 11 is 0. The Morgan fingerprint density at radius 1 is 1.61 bits per heavy atom. The predicted octanol–water partition coefficient (Wildman–Crippen LogP) is -0.239. The molecule has 0 radical (unpaired) electrons. The predicted molar refractivity (Wildman–Crippen MR) is 63.6 cm³/mol. The fraction of sp³-hybridized carbons (Fsp3) is 0.750. The Morgan fingerprint density at radius 3 is 3.11 bits per heavy atom. The third-order valence-corrected chi connectivity index (χ3v) is 4.55. The van der Waals surface area contributed by atoms with E-state index in [1.54, 1.807) is 0 Å². The molecule has 1 saturated heterocycles. The molecule has 6 nitrogen and oxygen atoms in total. The molecule has 1 aliphatic heterocycles. The Morgan fingerprint density at radius 2 is 2.44 bits per heavy atom. The highest BCUT2D eigenvalue weighted by atomic mass is 16.1. The molecule has 4 rings (SSSR count). The molecule has 1 amide bonds. The molecule has 0 spiro atoms. The molecule has 96 valence electrons. The van der Waals surface area contributed by atoms with Crippen molar-refractivity contribution in [3.05, 3.63) is 11.9 Å². The van der Waals surface area contributed by atoms with Crippen molar-refractivity contribution in [3.8, 4) is 0 Å². The smallest absolute Gasteiger partial charge is 0.234 e. The zero-order valence-electron chi connectivity index (χ0n) is 10.2. The maximum Gasteiger partial charge on any atom is 0.234 e. The largest absolute Gasteiger partial charge is 0.368 e. The summed E-state index contributed by atoms with van der Waals surface area (Å²) < 4.78 is 1.92. The molecular weight excluding hydrogens is 230 g/mol. The van der Waals surface area contributed by atoms with Gasteiger partial charge in [-0.2, -0.15) is 0 Å². The maximum absolute atomic E-state index is 11.2. The van der Waals surface area contributed by atoms with Crippen molar-refractivity contribution in [3.63, 3.8) is 0 Å². The van der Waals surface area contributed by atoms with Crippen LogP contribution in [0.1, 0.15) is 37.3 Å². The van der Waals surface area contributed by atoms with E-state index in [2.05, 4.69) is 21.8 Å². The summed E-state index contributed by atoms with van der Waals surface area (Å²) in [5, 5.41) is 11.8. The molecule has 2 aliphatic carbocycles. The van der Waals surface area contributed by atoms with Crippen LogP contribution in [0.3, 0.4) is 0 Å². The Kier molecular flexibility index (Phi) is 1.93. The van der Waals surface area contributed by atoms with Crippen LogP contribution in [0, 0.1) is 5.92 Å². The average molecular weight is 247 g/mol. The Labute approximate surface area is 105 Å². The van der Waals surface area contributed by atoms with Gasteiger partial charge in [-0.05, 0) is 31.6 Å². The second kappa shape index (κ2) is 3.32. The summed E-state index contributed by atoms with van der Waals surface area (Å²) in [6.45, 7) is 0.807. The van der Waals surface area contributed by atoms with Gasteiger partial charge in [0.25, 0.3) is 0 Å². The van der Waals surface area contributed by atoms with Crippen LogP contribution in [0.15, 0.2) is 6.20 Å². The molecule has 2 saturated carbocycles. The van der Waals surface area contributed by atoms with Crippen LogP contribution in [0.4, 0.5) is 0 Å². The van der Waals surface area contributed by atoms with Gasteiger partial charge in [0, 0.05) is 17.7 Å². The first kappa shape index (κ1) is 10.5. The number of nitrogens with zero attached hydrogens (tertiary/aromatic N) is 3. The van der Waals surface area contributed by atoms with Crippen molar-refractivity contribution in [2.24, 2.45) is 11.7 Å². The van der Waals surface area contributed by atoms with Crippen LogP contribution in [-0.4, -0.2) is 32.5 Å². The van der Waals surface area contributed by atoms with Crippen LogP contribution in [0.2, 0.25) is 0 Å². The molecule has 3 atom stereocenters. The molecule has 3 aliphatic rings. The minimum Gasteiger partial charge on any atom is -0.368 e. The van der Waals surface area contributed by atoms with Crippen LogP contribution in [0.5, 0.6) is 0 Å². The van der Waals surface area contributed by atoms with Gasteiger partial charge in [0.05, 0.1) is 18.3 Å². The number of rotatable bonds is 4. The van der Waals surface area contributed by atoms with Gasteiger partial charge in [-0.1, -0.05) is 5.21 Å². The number of piperidine rings is 1. The highest BCUT2D eigenvalue weighted by Crippen LogP contribution is 2.52. The minimum absolute atomic E-state index is 0.0498. The molecule has 3 N–H and O–H groups in total. The number of fused-ring (bicyclic) bond motifs is 1. The van der Waals surface area contributed by atoms with Crippen molar-refractivity contribution >= 4 is 5.91 Å². The second-order valence-corrected chi connectivity index (χ2v) is 6.01. The van der Waals surface area contributed by atoms with Gasteiger partial charge < -0.3 is 5.73 Å². The van der Waals surface area contributed by atoms with E-state index in [4.69, 9.17) is 5.73 Å². The second-order valence-electron chi connectivity index (χ2n) is 6.01. The van der Waals surface area contributed by atoms with Gasteiger partial charge in [0.1, 0.15) is 0 Å². The van der Waals surface area contributed by atoms with E-state index >= 15 is 0 Å². The lowest BCUT2D eigenvalue weighted by Gasteiger charge is -2.16. The fourth-order valence-electron chi connectivity index (χ4n) is 3.23. The summed E-state index contributed by atoms with van der Waals surface area (Å²) in [5.41, 5.74) is 6.52. The summed E-state index contributed by atoms with van der Waals surface area (Å²) in [4.78, 5) is 11.2. The lowest BCUT2D eigenvalue weighted by Crippen LogP contribution is -2.45. The third-order valence-electron chi connectivity index (χ3n) is 4.55. The van der Waals surface area contributed by atoms with Gasteiger partial charge in [0.15, 0.2) is 0 Å². The molecule has 3 fully saturated rings. The Balaban J connectivity index is 1.46. The van der Waals surface area contributed by atoms with Gasteiger partial charge in [-0.3, -0.25) is 14.8 Å². The number of hydrogen-bond donors (Lipinski definition) is 2. The molecule has 1 aromatic rings. The standard InChI is InChI=1S/C12H17N5O/c13-11(18)9-3-8-4-12(8,14-9)6-17-5-10(15-16-17)7-1-2-7/h5,7-9,14H,1-4,6H2,(H2,13,18). The molecule has 0 bridgehead atoms. The van der Waals surface area contributed by atoms with Gasteiger partial charge in [-0.15, -0.1) is 5.10 Å². The van der Waals surface area contributed by atoms with Crippen molar-refractivity contribution in [1.29, 1.82) is 0 Å². The zero-order valence-corrected chi connectivity index (χ0v) is 10.2. The molecule has 18 heavy (non-hydrogen) atoms. The summed E-state index contributed by atoms with van der Waals surface area (Å²) in [6.07, 6.45) is 6.54. The van der Waals surface area contributed by atoms with Crippen molar-refractivity contribution in [2.45, 2.75) is 49.7 Å². The number of nitrogens with two attached hydrogens (primary N) is 1. The average Bonchev–Trinajstić information content (AvgIpc) is 3.21. The quantitative estimate of drug-likeness (QED) is 0.769. The SMILES string of the molecule is NC(=O)C1CC2CC2(Cn2cc(C3CC3)nn2)N1. The molecule has 2 heterocycles. The summed E-state index contributed by atoms with van der Waals surface area (Å²) in [7, 11) is 0. The van der Waals surface area contributed by atoms with Gasteiger partial charge in [0.2, 0.25) is 5.91 Å². The van der Waals surface area contributed by atoms with Gasteiger partial charge >= 0.3 is 0 Å². The Bertz CT molecular complexity index is 508. The zero-order chi connectivity index (χ0) is 12.3. The first-order valence-electron chi connectivity index (χ1n) is 6.63. The molecule has 6 heteroatoms. The van der Waals surface area contributed by atoms with Crippen LogP contribution in [0.25, 0.3) is 0 Å². The number of nitrogens with one attached hydrogen (secondary N) is 1. The maximum atomic E-state index is 11.2. The molecule has 3 unspecified atom stereocenters. The van der Waals surface area contributed by atoms with Crippen LogP contribution < -0.4 is 11.1 Å². The monoisotopic (exact) mass is 247 g/mol. The number of carbonyl (C=O) groups excluding carboxylic acids is 1. The molecule has 0 aromatic carbocycles. The Hall–Kier alpha value is -1.43. The normalized spacial score (nSPS) is 37.6. The third kappa shape index (κ3) is 1.55. The van der Waals surface area contributed by atoms with E-state index in [1.807, 2.05) is 4.68 Å². The van der Waals surface area contributed by atoms with E-state index in [0.29, 0.717) is 11.8 Å². The van der Waals surface area contributed by atoms with E-state index < -0.39 is 0 Å². The molecule has 1 aromatic heterocycles. The number of carbonyl (C=O) groups is 1. The van der Waals surface area contributed by atoms with E-state index in [-0.39, 0.29) is 17.5 Å². The lowest BCUT2D eigenvalue weighted by molar-refractivity contribution is -0.120. The summed E-state index contributed by atoms with van der Waals surface area (Å²) in [6, 6.07) is -0.157.